The molecule has 6 nitrogen and oxygen atoms in total. The number of carboxylic acid groups (broad SMARTS) is 2. The molecule has 0 heterocycles. The minimum Gasteiger partial charge on any atom is -0.478 e. The summed E-state index contributed by atoms with van der Waals surface area (Å²) in [5, 5.41) is 36.1. The van der Waals surface area contributed by atoms with Crippen molar-refractivity contribution in [3.8, 4) is 0 Å². The lowest BCUT2D eigenvalue weighted by molar-refractivity contribution is 0.0138. The maximum absolute atomic E-state index is 10.2. The van der Waals surface area contributed by atoms with Gasteiger partial charge >= 0.3 is 11.9 Å². The van der Waals surface area contributed by atoms with E-state index >= 15 is 0 Å². The van der Waals surface area contributed by atoms with E-state index in [4.69, 9.17) is 10.2 Å². The highest BCUT2D eigenvalue weighted by Gasteiger charge is 2.27. The number of aliphatic hydroxyl groups excluding tert-OH is 2. The van der Waals surface area contributed by atoms with Gasteiger partial charge in [-0.15, -0.1) is 0 Å². The van der Waals surface area contributed by atoms with Gasteiger partial charge in [0, 0.05) is 0 Å². The Morgan fingerprint density at radius 3 is 1.09 bits per heavy atom. The second-order valence-electron chi connectivity index (χ2n) is 7.73. The quantitative estimate of drug-likeness (QED) is 0.413. The van der Waals surface area contributed by atoms with Gasteiger partial charge in [0.1, 0.15) is 0 Å². The van der Waals surface area contributed by atoms with E-state index in [9.17, 15) is 19.8 Å². The van der Waals surface area contributed by atoms with Crippen LogP contribution in [0.4, 0.5) is 0 Å². The van der Waals surface area contributed by atoms with Gasteiger partial charge in [-0.1, -0.05) is 63.1 Å². The van der Waals surface area contributed by atoms with Crippen LogP contribution in [0.3, 0.4) is 0 Å². The van der Waals surface area contributed by atoms with Crippen LogP contribution in [0.1, 0.15) is 74.1 Å². The summed E-state index contributed by atoms with van der Waals surface area (Å²) in [5.74, 6) is -1.26. The lowest BCUT2D eigenvalue weighted by Crippen LogP contribution is -2.32. The summed E-state index contributed by atoms with van der Waals surface area (Å²) in [6, 6.07) is 16.6. The second kappa shape index (κ2) is 16.9. The first-order chi connectivity index (χ1) is 15.1. The van der Waals surface area contributed by atoms with Crippen molar-refractivity contribution in [2.24, 2.45) is 11.8 Å². The van der Waals surface area contributed by atoms with Crippen molar-refractivity contribution in [2.75, 3.05) is 0 Å². The summed E-state index contributed by atoms with van der Waals surface area (Å²) in [6.45, 7) is 7.93. The van der Waals surface area contributed by atoms with Gasteiger partial charge in [0.2, 0.25) is 0 Å². The van der Waals surface area contributed by atoms with E-state index in [1.807, 2.05) is 13.8 Å². The highest BCUT2D eigenvalue weighted by molar-refractivity contribution is 5.87. The molecule has 0 spiro atoms. The van der Waals surface area contributed by atoms with Gasteiger partial charge < -0.3 is 20.4 Å². The van der Waals surface area contributed by atoms with Gasteiger partial charge in [-0.05, 0) is 62.8 Å². The molecule has 6 heteroatoms. The fourth-order valence-corrected chi connectivity index (χ4v) is 3.45. The predicted octanol–water partition coefficient (Wildman–Crippen LogP) is 5.35. The van der Waals surface area contributed by atoms with Crippen LogP contribution in [-0.4, -0.2) is 44.6 Å². The van der Waals surface area contributed by atoms with Crippen LogP contribution in [0.5, 0.6) is 0 Å². The van der Waals surface area contributed by atoms with Crippen LogP contribution in [0.15, 0.2) is 60.7 Å². The lowest BCUT2D eigenvalue weighted by Gasteiger charge is -2.31. The van der Waals surface area contributed by atoms with Crippen molar-refractivity contribution < 1.29 is 30.0 Å². The Hall–Kier alpha value is -2.70. The summed E-state index contributed by atoms with van der Waals surface area (Å²) >= 11 is 0. The Morgan fingerprint density at radius 2 is 0.938 bits per heavy atom. The minimum atomic E-state index is -0.879. The van der Waals surface area contributed by atoms with Gasteiger partial charge in [0.05, 0.1) is 23.3 Å². The van der Waals surface area contributed by atoms with Crippen molar-refractivity contribution in [3.05, 3.63) is 71.8 Å². The third kappa shape index (κ3) is 12.2. The van der Waals surface area contributed by atoms with E-state index < -0.39 is 11.9 Å². The number of aliphatic hydroxyl groups is 2. The normalized spacial score (nSPS) is 13.8. The van der Waals surface area contributed by atoms with Crippen molar-refractivity contribution in [1.29, 1.82) is 0 Å². The molecule has 0 saturated carbocycles. The van der Waals surface area contributed by atoms with Crippen LogP contribution < -0.4 is 0 Å². The van der Waals surface area contributed by atoms with Crippen LogP contribution in [0.25, 0.3) is 0 Å². The molecule has 178 valence electrons. The molecule has 32 heavy (non-hydrogen) atoms. The monoisotopic (exact) mass is 446 g/mol. The molecule has 2 aromatic rings. The maximum atomic E-state index is 10.2. The molecule has 0 amide bonds. The molecule has 0 aliphatic carbocycles. The number of carbonyl (C=O) groups is 2. The smallest absolute Gasteiger partial charge is 0.335 e. The number of carboxylic acids is 2. The average Bonchev–Trinajstić information content (AvgIpc) is 2.78. The Kier molecular flexibility index (Phi) is 15.5. The molecule has 0 fully saturated rings. The van der Waals surface area contributed by atoms with Gasteiger partial charge in [-0.2, -0.15) is 0 Å². The maximum Gasteiger partial charge on any atom is 0.335 e. The standard InChI is InChI=1S/C12H26O2.2C7H6O2/c1-5-7-11(9(3)13)12(8-6-2)10(4)14;2*8-7(9)6-4-2-1-3-5-6/h9-14H,5-8H2,1-4H3;2*1-5H,(H,8,9). The van der Waals surface area contributed by atoms with Gasteiger partial charge in [-0.3, -0.25) is 0 Å². The zero-order valence-electron chi connectivity index (χ0n) is 19.5. The molecule has 2 aromatic carbocycles. The summed E-state index contributed by atoms with van der Waals surface area (Å²) in [4.78, 5) is 20.4. The zero-order valence-corrected chi connectivity index (χ0v) is 19.5. The molecule has 0 bridgehead atoms. The largest absolute Gasteiger partial charge is 0.478 e. The summed E-state index contributed by atoms with van der Waals surface area (Å²) in [6.07, 6.45) is 3.55. The number of hydrogen-bond donors (Lipinski definition) is 4. The van der Waals surface area contributed by atoms with E-state index in [0.717, 1.165) is 25.7 Å². The number of benzene rings is 2. The van der Waals surface area contributed by atoms with Crippen molar-refractivity contribution >= 4 is 11.9 Å². The highest BCUT2D eigenvalue weighted by Crippen LogP contribution is 2.28. The summed E-state index contributed by atoms with van der Waals surface area (Å²) < 4.78 is 0. The molecule has 0 saturated heterocycles. The summed E-state index contributed by atoms with van der Waals surface area (Å²) in [5.41, 5.74) is 0.662. The fraction of sp³-hybridized carbons (Fsp3) is 0.462. The topological polar surface area (TPSA) is 115 Å². The van der Waals surface area contributed by atoms with Crippen LogP contribution in [-0.2, 0) is 0 Å². The van der Waals surface area contributed by atoms with E-state index in [-0.39, 0.29) is 24.0 Å². The Morgan fingerprint density at radius 1 is 0.656 bits per heavy atom. The van der Waals surface area contributed by atoms with Crippen molar-refractivity contribution in [1.82, 2.24) is 0 Å². The molecule has 0 aliphatic heterocycles. The molecule has 0 aliphatic rings. The SMILES string of the molecule is CCCC(C(C)O)C(CCC)C(C)O.O=C(O)c1ccccc1.O=C(O)c1ccccc1. The van der Waals surface area contributed by atoms with Gasteiger partial charge in [0.25, 0.3) is 0 Å². The van der Waals surface area contributed by atoms with E-state index in [1.165, 1.54) is 0 Å². The molecule has 4 unspecified atom stereocenters. The Labute approximate surface area is 191 Å². The number of aromatic carboxylic acids is 2. The molecular weight excluding hydrogens is 408 g/mol. The molecule has 4 atom stereocenters. The van der Waals surface area contributed by atoms with Crippen LogP contribution in [0.2, 0.25) is 0 Å². The first kappa shape index (κ1) is 29.3. The zero-order chi connectivity index (χ0) is 24.5. The minimum absolute atomic E-state index is 0.250. The molecule has 0 aromatic heterocycles. The molecule has 4 N–H and O–H groups in total. The highest BCUT2D eigenvalue weighted by atomic mass is 16.4. The van der Waals surface area contributed by atoms with Gasteiger partial charge in [-0.25, -0.2) is 9.59 Å². The predicted molar refractivity (Wildman–Crippen MR) is 127 cm³/mol. The first-order valence-corrected chi connectivity index (χ1v) is 11.1. The second-order valence-corrected chi connectivity index (χ2v) is 7.73. The molecule has 2 rings (SSSR count). The van der Waals surface area contributed by atoms with Crippen LogP contribution >= 0.6 is 0 Å². The third-order valence-corrected chi connectivity index (χ3v) is 5.07. The third-order valence-electron chi connectivity index (χ3n) is 5.07. The van der Waals surface area contributed by atoms with Crippen LogP contribution in [0, 0.1) is 11.8 Å². The fourth-order valence-electron chi connectivity index (χ4n) is 3.45. The Balaban J connectivity index is 0.000000466. The van der Waals surface area contributed by atoms with Crippen molar-refractivity contribution in [2.45, 2.75) is 65.6 Å². The summed E-state index contributed by atoms with van der Waals surface area (Å²) in [7, 11) is 0. The Bertz CT molecular complexity index is 678. The van der Waals surface area contributed by atoms with Gasteiger partial charge in [0.15, 0.2) is 0 Å². The van der Waals surface area contributed by atoms with E-state index in [1.54, 1.807) is 60.7 Å². The number of rotatable bonds is 9. The molecular formula is C26H38O6. The van der Waals surface area contributed by atoms with Crippen molar-refractivity contribution in [3.63, 3.8) is 0 Å². The number of hydrogen-bond acceptors (Lipinski definition) is 4. The molecule has 0 radical (unpaired) electrons. The van der Waals surface area contributed by atoms with E-state index in [0.29, 0.717) is 11.1 Å². The lowest BCUT2D eigenvalue weighted by atomic mass is 9.79. The first-order valence-electron chi connectivity index (χ1n) is 11.1. The average molecular weight is 447 g/mol. The van der Waals surface area contributed by atoms with E-state index in [2.05, 4.69) is 13.8 Å².